The van der Waals surface area contributed by atoms with E-state index in [2.05, 4.69) is 67.1 Å². The zero-order valence-corrected chi connectivity index (χ0v) is 24.7. The lowest BCUT2D eigenvalue weighted by Gasteiger charge is -2.29. The molecule has 2 atom stereocenters. The first-order chi connectivity index (χ1) is 19.6. The first kappa shape index (κ1) is 29.6. The van der Waals surface area contributed by atoms with Gasteiger partial charge in [0.2, 0.25) is 5.91 Å². The Morgan fingerprint density at radius 1 is 1.05 bits per heavy atom. The summed E-state index contributed by atoms with van der Waals surface area (Å²) >= 11 is 1.68. The maximum absolute atomic E-state index is 13.8. The number of allylic oxidation sites excluding steroid dienone is 6. The van der Waals surface area contributed by atoms with E-state index in [1.54, 1.807) is 11.9 Å². The molecular formula is C35H41N3OS. The van der Waals surface area contributed by atoms with Gasteiger partial charge in [0.1, 0.15) is 0 Å². The van der Waals surface area contributed by atoms with Gasteiger partial charge in [0.05, 0.1) is 12.2 Å². The second kappa shape index (κ2) is 15.4. The minimum atomic E-state index is 0.109. The molecule has 0 spiro atoms. The number of aromatic nitrogens is 1. The van der Waals surface area contributed by atoms with Crippen molar-refractivity contribution in [1.29, 1.82) is 0 Å². The summed E-state index contributed by atoms with van der Waals surface area (Å²) in [6.45, 7) is 6.66. The third kappa shape index (κ3) is 8.54. The van der Waals surface area contributed by atoms with Crippen molar-refractivity contribution in [3.05, 3.63) is 126 Å². The van der Waals surface area contributed by atoms with Gasteiger partial charge in [-0.2, -0.15) is 0 Å². The number of aryl methyl sites for hydroxylation is 2. The van der Waals surface area contributed by atoms with Crippen LogP contribution in [0.5, 0.6) is 0 Å². The molecule has 2 unspecified atom stereocenters. The standard InChI is InChI=1S/C35H41N3OS/c1-4-6-7-8-10-15-27(3)24-35(39)38(26-30-18-14-17-29(5-2)36-30)31-23-22-28-16-13-21-34(33(28)25-31)37-40-32-19-11-9-12-20-32/h4,6-12,14-15,17-20,22-23,25,27,34,37H,5,13,16,21,24,26H2,1-3H3/b6-4-,8-7-,15-10+. The molecule has 0 radical (unpaired) electrons. The number of fused-ring (bicyclic) bond motifs is 1. The van der Waals surface area contributed by atoms with Crippen LogP contribution < -0.4 is 9.62 Å². The summed E-state index contributed by atoms with van der Waals surface area (Å²) in [6, 6.07) is 23.3. The molecule has 0 saturated heterocycles. The lowest BCUT2D eigenvalue weighted by Crippen LogP contribution is -2.32. The van der Waals surface area contributed by atoms with Crippen molar-refractivity contribution in [3.63, 3.8) is 0 Å². The van der Waals surface area contributed by atoms with E-state index < -0.39 is 0 Å². The van der Waals surface area contributed by atoms with Gasteiger partial charge in [-0.3, -0.25) is 14.5 Å². The van der Waals surface area contributed by atoms with E-state index in [1.807, 2.05) is 66.5 Å². The zero-order chi connectivity index (χ0) is 28.2. The van der Waals surface area contributed by atoms with Crippen LogP contribution in [0.4, 0.5) is 5.69 Å². The Bertz CT molecular complexity index is 1330. The van der Waals surface area contributed by atoms with Crippen molar-refractivity contribution in [3.8, 4) is 0 Å². The summed E-state index contributed by atoms with van der Waals surface area (Å²) in [4.78, 5) is 21.8. The molecule has 0 fully saturated rings. The average Bonchev–Trinajstić information content (AvgIpc) is 2.99. The van der Waals surface area contributed by atoms with Gasteiger partial charge in [-0.25, -0.2) is 0 Å². The van der Waals surface area contributed by atoms with Crippen LogP contribution in [-0.2, 0) is 24.2 Å². The van der Waals surface area contributed by atoms with Crippen LogP contribution in [0.1, 0.15) is 68.6 Å². The van der Waals surface area contributed by atoms with Crippen molar-refractivity contribution in [2.24, 2.45) is 5.92 Å². The highest BCUT2D eigenvalue weighted by Crippen LogP contribution is 2.35. The minimum Gasteiger partial charge on any atom is -0.306 e. The van der Waals surface area contributed by atoms with E-state index in [-0.39, 0.29) is 17.9 Å². The predicted octanol–water partition coefficient (Wildman–Crippen LogP) is 8.57. The number of pyridine rings is 1. The predicted molar refractivity (Wildman–Crippen MR) is 169 cm³/mol. The van der Waals surface area contributed by atoms with Gasteiger partial charge in [0.15, 0.2) is 0 Å². The summed E-state index contributed by atoms with van der Waals surface area (Å²) in [6.07, 6.45) is 16.7. The van der Waals surface area contributed by atoms with Gasteiger partial charge in [0.25, 0.3) is 0 Å². The van der Waals surface area contributed by atoms with Crippen LogP contribution in [-0.4, -0.2) is 10.9 Å². The van der Waals surface area contributed by atoms with Crippen molar-refractivity contribution in [2.45, 2.75) is 70.4 Å². The molecule has 1 amide bonds. The van der Waals surface area contributed by atoms with Crippen LogP contribution in [0, 0.1) is 5.92 Å². The zero-order valence-electron chi connectivity index (χ0n) is 23.9. The Kier molecular flexibility index (Phi) is 11.4. The SMILES string of the molecule is C\C=C/C=C\C=C\C(C)CC(=O)N(Cc1cccc(CC)n1)c1ccc2c(c1)C(NSc1ccccc1)CCC2. The summed E-state index contributed by atoms with van der Waals surface area (Å²) in [5.41, 5.74) is 5.56. The molecule has 1 aliphatic carbocycles. The molecule has 1 heterocycles. The number of benzene rings is 2. The number of hydrogen-bond acceptors (Lipinski definition) is 4. The Morgan fingerprint density at radius 3 is 2.65 bits per heavy atom. The number of rotatable bonds is 12. The van der Waals surface area contributed by atoms with Crippen molar-refractivity contribution in [1.82, 2.24) is 9.71 Å². The Morgan fingerprint density at radius 2 is 1.85 bits per heavy atom. The Hall–Kier alpha value is -3.41. The fourth-order valence-electron chi connectivity index (χ4n) is 4.95. The lowest BCUT2D eigenvalue weighted by molar-refractivity contribution is -0.119. The molecule has 5 heteroatoms. The summed E-state index contributed by atoms with van der Waals surface area (Å²) < 4.78 is 3.70. The maximum atomic E-state index is 13.8. The molecule has 1 N–H and O–H groups in total. The monoisotopic (exact) mass is 551 g/mol. The largest absolute Gasteiger partial charge is 0.306 e. The van der Waals surface area contributed by atoms with Gasteiger partial charge in [-0.15, -0.1) is 0 Å². The van der Waals surface area contributed by atoms with Crippen LogP contribution in [0.25, 0.3) is 0 Å². The van der Waals surface area contributed by atoms with Gasteiger partial charge >= 0.3 is 0 Å². The fraction of sp³-hybridized carbons (Fsp3) is 0.314. The van der Waals surface area contributed by atoms with Crippen LogP contribution in [0.2, 0.25) is 0 Å². The molecule has 3 aromatic rings. The second-order valence-corrected chi connectivity index (χ2v) is 11.2. The normalized spacial score (nSPS) is 16.0. The molecule has 0 bridgehead atoms. The summed E-state index contributed by atoms with van der Waals surface area (Å²) in [7, 11) is 0. The van der Waals surface area contributed by atoms with Gasteiger partial charge < -0.3 is 4.90 Å². The number of anilines is 1. The average molecular weight is 552 g/mol. The molecule has 0 aliphatic heterocycles. The molecule has 4 rings (SSSR count). The van der Waals surface area contributed by atoms with E-state index in [0.717, 1.165) is 42.8 Å². The van der Waals surface area contributed by atoms with E-state index in [9.17, 15) is 4.79 Å². The van der Waals surface area contributed by atoms with Gasteiger partial charge in [0, 0.05) is 28.7 Å². The Labute approximate surface area is 244 Å². The third-order valence-electron chi connectivity index (χ3n) is 7.13. The molecule has 0 saturated carbocycles. The smallest absolute Gasteiger partial charge is 0.227 e. The third-order valence-corrected chi connectivity index (χ3v) is 8.04. The fourth-order valence-corrected chi connectivity index (χ4v) is 5.77. The molecule has 2 aromatic carbocycles. The number of carbonyl (C=O) groups excluding carboxylic acids is 1. The molecule has 1 aliphatic rings. The lowest BCUT2D eigenvalue weighted by atomic mass is 9.87. The van der Waals surface area contributed by atoms with Crippen molar-refractivity contribution < 1.29 is 4.79 Å². The first-order valence-electron chi connectivity index (χ1n) is 14.4. The molecular weight excluding hydrogens is 510 g/mol. The first-order valence-corrected chi connectivity index (χ1v) is 15.2. The molecule has 40 heavy (non-hydrogen) atoms. The van der Waals surface area contributed by atoms with Crippen LogP contribution >= 0.6 is 11.9 Å². The molecule has 208 valence electrons. The van der Waals surface area contributed by atoms with E-state index in [0.29, 0.717) is 13.0 Å². The number of amides is 1. The van der Waals surface area contributed by atoms with Crippen LogP contribution in [0.3, 0.4) is 0 Å². The summed E-state index contributed by atoms with van der Waals surface area (Å²) in [5.74, 6) is 0.228. The van der Waals surface area contributed by atoms with E-state index in [4.69, 9.17) is 4.98 Å². The van der Waals surface area contributed by atoms with E-state index in [1.165, 1.54) is 16.0 Å². The van der Waals surface area contributed by atoms with Crippen LogP contribution in [0.15, 0.2) is 108 Å². The highest BCUT2D eigenvalue weighted by molar-refractivity contribution is 7.97. The number of nitrogens with one attached hydrogen (secondary N) is 1. The summed E-state index contributed by atoms with van der Waals surface area (Å²) in [5, 5.41) is 0. The number of carbonyl (C=O) groups is 1. The second-order valence-electron chi connectivity index (χ2n) is 10.3. The molecule has 4 nitrogen and oxygen atoms in total. The Balaban J connectivity index is 1.58. The highest BCUT2D eigenvalue weighted by Gasteiger charge is 2.24. The topological polar surface area (TPSA) is 45.2 Å². The minimum absolute atomic E-state index is 0.109. The van der Waals surface area contributed by atoms with Gasteiger partial charge in [-0.05, 0) is 98.0 Å². The number of nitrogens with zero attached hydrogens (tertiary/aromatic N) is 2. The quantitative estimate of drug-likeness (QED) is 0.181. The highest BCUT2D eigenvalue weighted by atomic mass is 32.2. The van der Waals surface area contributed by atoms with Gasteiger partial charge in [-0.1, -0.05) is 80.6 Å². The van der Waals surface area contributed by atoms with E-state index >= 15 is 0 Å². The van der Waals surface area contributed by atoms with Crippen molar-refractivity contribution >= 4 is 23.5 Å². The maximum Gasteiger partial charge on any atom is 0.227 e. The number of hydrogen-bond donors (Lipinski definition) is 1. The molecule has 1 aromatic heterocycles. The van der Waals surface area contributed by atoms with Crippen molar-refractivity contribution in [2.75, 3.05) is 4.90 Å².